The predicted molar refractivity (Wildman–Crippen MR) is 71.5 cm³/mol. The molecule has 2 saturated heterocycles. The van der Waals surface area contributed by atoms with Crippen LogP contribution in [0.25, 0.3) is 0 Å². The highest BCUT2D eigenvalue weighted by Gasteiger charge is 2.30. The van der Waals surface area contributed by atoms with Crippen molar-refractivity contribution in [3.05, 3.63) is 0 Å². The van der Waals surface area contributed by atoms with Crippen molar-refractivity contribution in [2.45, 2.75) is 51.0 Å². The first kappa shape index (κ1) is 14.3. The van der Waals surface area contributed by atoms with Gasteiger partial charge < -0.3 is 14.9 Å². The van der Waals surface area contributed by atoms with Gasteiger partial charge in [-0.05, 0) is 32.6 Å². The molecule has 0 aliphatic carbocycles. The molecule has 2 rings (SSSR count). The second-order valence-electron chi connectivity index (χ2n) is 6.00. The third-order valence-corrected chi connectivity index (χ3v) is 4.19. The zero-order valence-electron chi connectivity index (χ0n) is 11.7. The van der Waals surface area contributed by atoms with Crippen LogP contribution in [0.2, 0.25) is 0 Å². The second-order valence-corrected chi connectivity index (χ2v) is 6.00. The van der Waals surface area contributed by atoms with Crippen molar-refractivity contribution >= 4 is 11.8 Å². The number of hydrogen-bond donors (Lipinski definition) is 1. The molecule has 5 nitrogen and oxygen atoms in total. The maximum atomic E-state index is 12.2. The average molecular weight is 268 g/mol. The molecule has 0 saturated carbocycles. The molecule has 2 amide bonds. The molecular weight excluding hydrogens is 244 g/mol. The van der Waals surface area contributed by atoms with Crippen LogP contribution in [0.5, 0.6) is 0 Å². The molecule has 0 aromatic carbocycles. The SMILES string of the molecule is CC1(O)CCN(C(=O)CN2CCCCCC2=O)CC1. The number of amides is 2. The topological polar surface area (TPSA) is 60.9 Å². The van der Waals surface area contributed by atoms with E-state index in [1.54, 1.807) is 9.80 Å². The first-order chi connectivity index (χ1) is 8.98. The van der Waals surface area contributed by atoms with Crippen LogP contribution in [0.15, 0.2) is 0 Å². The molecule has 0 bridgehead atoms. The fourth-order valence-electron chi connectivity index (χ4n) is 2.71. The first-order valence-electron chi connectivity index (χ1n) is 7.26. The maximum Gasteiger partial charge on any atom is 0.242 e. The van der Waals surface area contributed by atoms with E-state index in [1.807, 2.05) is 6.92 Å². The summed E-state index contributed by atoms with van der Waals surface area (Å²) in [6, 6.07) is 0. The van der Waals surface area contributed by atoms with Crippen LogP contribution in [-0.2, 0) is 9.59 Å². The number of piperidine rings is 1. The number of carbonyl (C=O) groups is 2. The zero-order chi connectivity index (χ0) is 13.9. The van der Waals surface area contributed by atoms with Crippen LogP contribution in [-0.4, -0.2) is 58.5 Å². The van der Waals surface area contributed by atoms with Gasteiger partial charge in [0, 0.05) is 26.1 Å². The predicted octanol–water partition coefficient (Wildman–Crippen LogP) is 0.762. The third kappa shape index (κ3) is 3.93. The van der Waals surface area contributed by atoms with Gasteiger partial charge in [0.05, 0.1) is 12.1 Å². The van der Waals surface area contributed by atoms with Crippen LogP contribution in [0.1, 0.15) is 45.4 Å². The summed E-state index contributed by atoms with van der Waals surface area (Å²) in [4.78, 5) is 27.5. The van der Waals surface area contributed by atoms with Crippen molar-refractivity contribution < 1.29 is 14.7 Å². The van der Waals surface area contributed by atoms with Crippen molar-refractivity contribution in [2.75, 3.05) is 26.2 Å². The van der Waals surface area contributed by atoms with Gasteiger partial charge in [0.1, 0.15) is 0 Å². The highest BCUT2D eigenvalue weighted by atomic mass is 16.3. The monoisotopic (exact) mass is 268 g/mol. The van der Waals surface area contributed by atoms with Gasteiger partial charge in [0.2, 0.25) is 11.8 Å². The molecule has 1 N–H and O–H groups in total. The number of rotatable bonds is 2. The Hall–Kier alpha value is -1.10. The molecule has 0 atom stereocenters. The summed E-state index contributed by atoms with van der Waals surface area (Å²) >= 11 is 0. The van der Waals surface area contributed by atoms with E-state index in [9.17, 15) is 14.7 Å². The normalized spacial score (nSPS) is 24.2. The molecular formula is C14H24N2O3. The number of hydrogen-bond acceptors (Lipinski definition) is 3. The summed E-state index contributed by atoms with van der Waals surface area (Å²) in [7, 11) is 0. The smallest absolute Gasteiger partial charge is 0.242 e. The summed E-state index contributed by atoms with van der Waals surface area (Å²) in [5, 5.41) is 9.87. The lowest BCUT2D eigenvalue weighted by Gasteiger charge is -2.36. The van der Waals surface area contributed by atoms with Gasteiger partial charge in [-0.2, -0.15) is 0 Å². The highest BCUT2D eigenvalue weighted by Crippen LogP contribution is 2.21. The minimum absolute atomic E-state index is 0.0192. The summed E-state index contributed by atoms with van der Waals surface area (Å²) in [5.74, 6) is 0.126. The summed E-state index contributed by atoms with van der Waals surface area (Å²) in [5.41, 5.74) is -0.644. The van der Waals surface area contributed by atoms with Crippen molar-refractivity contribution in [3.63, 3.8) is 0 Å². The Balaban J connectivity index is 1.85. The number of likely N-dealkylation sites (tertiary alicyclic amines) is 2. The van der Waals surface area contributed by atoms with Gasteiger partial charge in [0.25, 0.3) is 0 Å². The van der Waals surface area contributed by atoms with Crippen LogP contribution in [0.4, 0.5) is 0 Å². The van der Waals surface area contributed by atoms with E-state index in [2.05, 4.69) is 0 Å². The Bertz CT molecular complexity index is 345. The summed E-state index contributed by atoms with van der Waals surface area (Å²) in [6.07, 6.45) is 4.81. The van der Waals surface area contributed by atoms with E-state index in [4.69, 9.17) is 0 Å². The molecule has 0 spiro atoms. The molecule has 0 unspecified atom stereocenters. The molecule has 2 aliphatic heterocycles. The van der Waals surface area contributed by atoms with Gasteiger partial charge in [0.15, 0.2) is 0 Å². The minimum Gasteiger partial charge on any atom is -0.390 e. The molecule has 19 heavy (non-hydrogen) atoms. The fourth-order valence-corrected chi connectivity index (χ4v) is 2.71. The fraction of sp³-hybridized carbons (Fsp3) is 0.857. The number of nitrogens with zero attached hydrogens (tertiary/aromatic N) is 2. The largest absolute Gasteiger partial charge is 0.390 e. The van der Waals surface area contributed by atoms with E-state index in [-0.39, 0.29) is 18.4 Å². The Morgan fingerprint density at radius 2 is 1.89 bits per heavy atom. The van der Waals surface area contributed by atoms with Crippen LogP contribution in [0.3, 0.4) is 0 Å². The molecule has 0 aromatic rings. The Morgan fingerprint density at radius 1 is 1.21 bits per heavy atom. The number of carbonyl (C=O) groups excluding carboxylic acids is 2. The lowest BCUT2D eigenvalue weighted by Crippen LogP contribution is -2.49. The summed E-state index contributed by atoms with van der Waals surface area (Å²) in [6.45, 7) is 3.91. The molecule has 0 aromatic heterocycles. The average Bonchev–Trinajstić information content (AvgIpc) is 2.55. The molecule has 108 valence electrons. The molecule has 2 fully saturated rings. The molecule has 5 heteroatoms. The maximum absolute atomic E-state index is 12.2. The van der Waals surface area contributed by atoms with E-state index in [1.165, 1.54) is 0 Å². The summed E-state index contributed by atoms with van der Waals surface area (Å²) < 4.78 is 0. The van der Waals surface area contributed by atoms with E-state index < -0.39 is 5.60 Å². The first-order valence-corrected chi connectivity index (χ1v) is 7.26. The van der Waals surface area contributed by atoms with Gasteiger partial charge in [-0.15, -0.1) is 0 Å². The Kier molecular flexibility index (Phi) is 4.45. The standard InChI is InChI=1S/C14H24N2O3/c1-14(19)6-9-15(10-7-14)13(18)11-16-8-4-2-3-5-12(16)17/h19H,2-11H2,1H3. The molecule has 2 heterocycles. The quantitative estimate of drug-likeness (QED) is 0.804. The second kappa shape index (κ2) is 5.90. The van der Waals surface area contributed by atoms with Gasteiger partial charge in [-0.3, -0.25) is 9.59 Å². The van der Waals surface area contributed by atoms with Crippen molar-refractivity contribution in [1.82, 2.24) is 9.80 Å². The minimum atomic E-state index is -0.644. The van der Waals surface area contributed by atoms with E-state index >= 15 is 0 Å². The van der Waals surface area contributed by atoms with Gasteiger partial charge in [-0.1, -0.05) is 6.42 Å². The lowest BCUT2D eigenvalue weighted by molar-refractivity contribution is -0.142. The Labute approximate surface area is 114 Å². The van der Waals surface area contributed by atoms with Crippen molar-refractivity contribution in [3.8, 4) is 0 Å². The van der Waals surface area contributed by atoms with Crippen molar-refractivity contribution in [1.29, 1.82) is 0 Å². The zero-order valence-corrected chi connectivity index (χ0v) is 11.7. The highest BCUT2D eigenvalue weighted by molar-refractivity contribution is 5.85. The van der Waals surface area contributed by atoms with E-state index in [0.29, 0.717) is 38.9 Å². The number of aliphatic hydroxyl groups is 1. The molecule has 0 radical (unpaired) electrons. The lowest BCUT2D eigenvalue weighted by atomic mass is 9.94. The van der Waals surface area contributed by atoms with Crippen LogP contribution < -0.4 is 0 Å². The molecule has 2 aliphatic rings. The van der Waals surface area contributed by atoms with Gasteiger partial charge >= 0.3 is 0 Å². The Morgan fingerprint density at radius 3 is 2.58 bits per heavy atom. The van der Waals surface area contributed by atoms with Crippen molar-refractivity contribution in [2.24, 2.45) is 0 Å². The van der Waals surface area contributed by atoms with Gasteiger partial charge in [-0.25, -0.2) is 0 Å². The van der Waals surface area contributed by atoms with Crippen LogP contribution in [0, 0.1) is 0 Å². The van der Waals surface area contributed by atoms with E-state index in [0.717, 1.165) is 19.3 Å². The third-order valence-electron chi connectivity index (χ3n) is 4.19. The van der Waals surface area contributed by atoms with Crippen LogP contribution >= 0.6 is 0 Å².